The summed E-state index contributed by atoms with van der Waals surface area (Å²) in [5, 5.41) is 11.4. The molecule has 1 fully saturated rings. The molecule has 0 aromatic heterocycles. The van der Waals surface area contributed by atoms with Crippen LogP contribution in [0.25, 0.3) is 0 Å². The van der Waals surface area contributed by atoms with Gasteiger partial charge in [-0.05, 0) is 17.7 Å². The Bertz CT molecular complexity index is 697. The molecular formula is C17H15NO4. The largest absolute Gasteiger partial charge is 0.481 e. The van der Waals surface area contributed by atoms with E-state index in [-0.39, 0.29) is 5.57 Å². The van der Waals surface area contributed by atoms with Crippen molar-refractivity contribution in [3.8, 4) is 0 Å². The van der Waals surface area contributed by atoms with E-state index < -0.39 is 18.0 Å². The van der Waals surface area contributed by atoms with E-state index >= 15 is 0 Å². The second-order valence-electron chi connectivity index (χ2n) is 4.78. The van der Waals surface area contributed by atoms with Gasteiger partial charge in [0.15, 0.2) is 0 Å². The van der Waals surface area contributed by atoms with Gasteiger partial charge in [0.25, 0.3) is 5.95 Å². The molecule has 112 valence electrons. The van der Waals surface area contributed by atoms with Gasteiger partial charge in [-0.15, -0.1) is 0 Å². The van der Waals surface area contributed by atoms with Gasteiger partial charge in [0.05, 0.1) is 12.8 Å². The van der Waals surface area contributed by atoms with Crippen LogP contribution in [0, 0.1) is 0 Å². The Morgan fingerprint density at radius 1 is 1.09 bits per heavy atom. The first-order valence-electron chi connectivity index (χ1n) is 6.81. The zero-order valence-corrected chi connectivity index (χ0v) is 12.0. The molecule has 1 aliphatic heterocycles. The second-order valence-corrected chi connectivity index (χ2v) is 4.78. The van der Waals surface area contributed by atoms with Gasteiger partial charge in [0.2, 0.25) is 0 Å². The smallest absolute Gasteiger partial charge is 0.368 e. The number of nitrogens with zero attached hydrogens (tertiary/aromatic N) is 1. The van der Waals surface area contributed by atoms with E-state index in [0.29, 0.717) is 5.69 Å². The fourth-order valence-corrected chi connectivity index (χ4v) is 2.45. The van der Waals surface area contributed by atoms with Gasteiger partial charge in [-0.1, -0.05) is 48.5 Å². The maximum atomic E-state index is 12.2. The molecular weight excluding hydrogens is 282 g/mol. The van der Waals surface area contributed by atoms with Crippen molar-refractivity contribution in [2.24, 2.45) is 0 Å². The molecule has 2 aromatic carbocycles. The van der Waals surface area contributed by atoms with Crippen molar-refractivity contribution in [3.63, 3.8) is 0 Å². The number of anilines is 1. The van der Waals surface area contributed by atoms with Crippen LogP contribution in [0.3, 0.4) is 0 Å². The molecule has 1 atom stereocenters. The number of ether oxygens (including phenoxy) is 1. The third-order valence-electron chi connectivity index (χ3n) is 3.46. The van der Waals surface area contributed by atoms with Crippen LogP contribution in [0.1, 0.15) is 11.6 Å². The Labute approximate surface area is 128 Å². The van der Waals surface area contributed by atoms with Crippen LogP contribution in [0.4, 0.5) is 5.69 Å². The number of aliphatic hydroxyl groups is 1. The predicted molar refractivity (Wildman–Crippen MR) is 80.9 cm³/mol. The van der Waals surface area contributed by atoms with Crippen LogP contribution >= 0.6 is 0 Å². The number of hydroxylamine groups is 1. The Kier molecular flexibility index (Phi) is 3.70. The summed E-state index contributed by atoms with van der Waals surface area (Å²) in [6, 6.07) is 18.0. The van der Waals surface area contributed by atoms with Crippen molar-refractivity contribution in [2.75, 3.05) is 12.2 Å². The van der Waals surface area contributed by atoms with Crippen molar-refractivity contribution < 1.29 is 19.5 Å². The highest BCUT2D eigenvalue weighted by Gasteiger charge is 2.43. The van der Waals surface area contributed by atoms with E-state index in [2.05, 4.69) is 0 Å². The minimum Gasteiger partial charge on any atom is -0.481 e. The Morgan fingerprint density at radius 2 is 1.68 bits per heavy atom. The molecule has 1 heterocycles. The van der Waals surface area contributed by atoms with Gasteiger partial charge < -0.3 is 14.7 Å². The monoisotopic (exact) mass is 297 g/mol. The third-order valence-corrected chi connectivity index (χ3v) is 3.46. The molecule has 0 amide bonds. The van der Waals surface area contributed by atoms with Crippen LogP contribution < -0.4 is 5.06 Å². The van der Waals surface area contributed by atoms with E-state index in [4.69, 9.17) is 9.57 Å². The number of methoxy groups -OCH3 is 1. The summed E-state index contributed by atoms with van der Waals surface area (Å²) in [5.74, 6) is -1.06. The maximum absolute atomic E-state index is 12.2. The van der Waals surface area contributed by atoms with Crippen LogP contribution in [-0.2, 0) is 14.4 Å². The summed E-state index contributed by atoms with van der Waals surface area (Å²) in [6.45, 7) is 0. The lowest BCUT2D eigenvalue weighted by atomic mass is 9.99. The van der Waals surface area contributed by atoms with Crippen LogP contribution in [0.15, 0.2) is 72.2 Å². The van der Waals surface area contributed by atoms with Gasteiger partial charge in [-0.25, -0.2) is 4.79 Å². The summed E-state index contributed by atoms with van der Waals surface area (Å²) in [6.07, 6.45) is 0. The average Bonchev–Trinajstić information content (AvgIpc) is 2.93. The van der Waals surface area contributed by atoms with Crippen LogP contribution in [-0.4, -0.2) is 18.2 Å². The number of hydrogen-bond acceptors (Lipinski definition) is 5. The Morgan fingerprint density at radius 3 is 2.27 bits per heavy atom. The van der Waals surface area contributed by atoms with E-state index in [1.54, 1.807) is 0 Å². The molecule has 0 bridgehead atoms. The van der Waals surface area contributed by atoms with Gasteiger partial charge >= 0.3 is 5.97 Å². The summed E-state index contributed by atoms with van der Waals surface area (Å²) in [4.78, 5) is 17.5. The summed E-state index contributed by atoms with van der Waals surface area (Å²) in [7, 11) is 1.31. The quantitative estimate of drug-likeness (QED) is 0.696. The first-order valence-corrected chi connectivity index (χ1v) is 6.81. The summed E-state index contributed by atoms with van der Waals surface area (Å²) < 4.78 is 4.85. The number of benzene rings is 2. The fraction of sp³-hybridized carbons (Fsp3) is 0.118. The average molecular weight is 297 g/mol. The number of aliphatic hydroxyl groups excluding tert-OH is 1. The summed E-state index contributed by atoms with van der Waals surface area (Å²) >= 11 is 0. The maximum Gasteiger partial charge on any atom is 0.368 e. The van der Waals surface area contributed by atoms with Crippen molar-refractivity contribution in [1.29, 1.82) is 0 Å². The molecule has 5 nitrogen and oxygen atoms in total. The highest BCUT2D eigenvalue weighted by Crippen LogP contribution is 2.40. The lowest BCUT2D eigenvalue weighted by molar-refractivity contribution is -0.136. The molecule has 1 saturated heterocycles. The van der Waals surface area contributed by atoms with Crippen molar-refractivity contribution in [3.05, 3.63) is 77.7 Å². The SMILES string of the molecule is COC(O)=C1C(=O)ON(c2ccccc2)C1c1ccccc1. The number of hydrogen-bond donors (Lipinski definition) is 1. The molecule has 0 spiro atoms. The Balaban J connectivity index is 2.13. The number of para-hydroxylation sites is 1. The van der Waals surface area contributed by atoms with Gasteiger partial charge in [0.1, 0.15) is 11.6 Å². The standard InChI is InChI=1S/C17H15NO4/c1-21-16(19)14-15(12-8-4-2-5-9-12)18(22-17(14)20)13-10-6-3-7-11-13/h2-11,15,19H,1H3. The van der Waals surface area contributed by atoms with E-state index in [9.17, 15) is 9.90 Å². The first kappa shape index (κ1) is 14.0. The van der Waals surface area contributed by atoms with E-state index in [0.717, 1.165) is 5.56 Å². The third kappa shape index (κ3) is 2.37. The van der Waals surface area contributed by atoms with E-state index in [1.165, 1.54) is 12.2 Å². The topological polar surface area (TPSA) is 59.0 Å². The number of carbonyl (C=O) groups is 1. The van der Waals surface area contributed by atoms with Crippen LogP contribution in [0.5, 0.6) is 0 Å². The van der Waals surface area contributed by atoms with E-state index in [1.807, 2.05) is 60.7 Å². The number of carbonyl (C=O) groups excluding carboxylic acids is 1. The highest BCUT2D eigenvalue weighted by molar-refractivity contribution is 5.94. The molecule has 5 heteroatoms. The fourth-order valence-electron chi connectivity index (χ4n) is 2.45. The zero-order valence-electron chi connectivity index (χ0n) is 12.0. The minimum atomic E-state index is -0.628. The normalized spacial score (nSPS) is 19.8. The van der Waals surface area contributed by atoms with Gasteiger partial charge in [0, 0.05) is 0 Å². The highest BCUT2D eigenvalue weighted by atomic mass is 16.7. The predicted octanol–water partition coefficient (Wildman–Crippen LogP) is 3.12. The molecule has 2 aromatic rings. The molecule has 1 aliphatic rings. The molecule has 1 N–H and O–H groups in total. The van der Waals surface area contributed by atoms with Gasteiger partial charge in [-0.3, -0.25) is 0 Å². The van der Waals surface area contributed by atoms with Crippen LogP contribution in [0.2, 0.25) is 0 Å². The molecule has 22 heavy (non-hydrogen) atoms. The Hall–Kier alpha value is -2.95. The minimum absolute atomic E-state index is 0.0811. The lowest BCUT2D eigenvalue weighted by Gasteiger charge is -2.23. The molecule has 0 aliphatic carbocycles. The molecule has 3 rings (SSSR count). The molecule has 0 saturated carbocycles. The molecule has 1 unspecified atom stereocenters. The zero-order chi connectivity index (χ0) is 15.5. The van der Waals surface area contributed by atoms with Gasteiger partial charge in [-0.2, -0.15) is 5.06 Å². The molecule has 0 radical (unpaired) electrons. The van der Waals surface area contributed by atoms with Crippen molar-refractivity contribution >= 4 is 11.7 Å². The van der Waals surface area contributed by atoms with Crippen molar-refractivity contribution in [2.45, 2.75) is 6.04 Å². The first-order chi connectivity index (χ1) is 10.7. The van der Waals surface area contributed by atoms with Crippen molar-refractivity contribution in [1.82, 2.24) is 0 Å². The number of rotatable bonds is 3. The summed E-state index contributed by atoms with van der Waals surface area (Å²) in [5.41, 5.74) is 1.61. The lowest BCUT2D eigenvalue weighted by Crippen LogP contribution is -2.22. The second kappa shape index (κ2) is 5.81.